The highest BCUT2D eigenvalue weighted by Gasteiger charge is 2.24. The van der Waals surface area contributed by atoms with Gasteiger partial charge in [0.05, 0.1) is 19.6 Å². The molecule has 0 bridgehead atoms. The van der Waals surface area contributed by atoms with Crippen molar-refractivity contribution in [2.45, 2.75) is 46.0 Å². The highest BCUT2D eigenvalue weighted by Crippen LogP contribution is 2.43. The normalized spacial score (nSPS) is 13.7. The first kappa shape index (κ1) is 22.5. The molecule has 8 heteroatoms. The minimum absolute atomic E-state index is 0.104. The van der Waals surface area contributed by atoms with Crippen LogP contribution in [-0.4, -0.2) is 55.4 Å². The summed E-state index contributed by atoms with van der Waals surface area (Å²) < 4.78 is 16.6. The molecule has 3 rings (SSSR count). The fourth-order valence-electron chi connectivity index (χ4n) is 4.02. The van der Waals surface area contributed by atoms with Crippen molar-refractivity contribution in [2.75, 3.05) is 27.3 Å². The first-order chi connectivity index (χ1) is 14.9. The van der Waals surface area contributed by atoms with Gasteiger partial charge in [-0.1, -0.05) is 0 Å². The van der Waals surface area contributed by atoms with Crippen LogP contribution in [0.1, 0.15) is 54.2 Å². The van der Waals surface area contributed by atoms with E-state index in [0.717, 1.165) is 37.9 Å². The number of rotatable bonds is 7. The molecule has 0 radical (unpaired) electrons. The molecule has 8 nitrogen and oxygen atoms in total. The van der Waals surface area contributed by atoms with Gasteiger partial charge in [0, 0.05) is 37.6 Å². The van der Waals surface area contributed by atoms with Crippen LogP contribution in [0.15, 0.2) is 6.07 Å². The van der Waals surface area contributed by atoms with Crippen molar-refractivity contribution in [3.8, 4) is 17.2 Å². The van der Waals surface area contributed by atoms with Crippen LogP contribution < -0.4 is 14.2 Å². The number of ether oxygens (including phenoxy) is 3. The summed E-state index contributed by atoms with van der Waals surface area (Å²) in [6, 6.07) is 1.78. The standard InChI is InChI=1S/C23H28N2O6/c1-14-17(13-26)24-21-20(22(14)31-15(2)27)18(29-3)12-16(23(21)30-4)8-9-19(28)25-10-6-5-7-11-25/h12-13H,5-11H2,1-4H3. The van der Waals surface area contributed by atoms with Crippen molar-refractivity contribution in [2.24, 2.45) is 0 Å². The maximum Gasteiger partial charge on any atom is 0.308 e. The predicted octanol–water partition coefficient (Wildman–Crippen LogP) is 3.24. The second-order valence-electron chi connectivity index (χ2n) is 7.60. The van der Waals surface area contributed by atoms with Gasteiger partial charge in [0.2, 0.25) is 5.91 Å². The second kappa shape index (κ2) is 9.76. The van der Waals surface area contributed by atoms with Crippen molar-refractivity contribution < 1.29 is 28.6 Å². The Morgan fingerprint density at radius 3 is 2.42 bits per heavy atom. The van der Waals surface area contributed by atoms with Gasteiger partial charge in [-0.3, -0.25) is 14.4 Å². The van der Waals surface area contributed by atoms with Crippen LogP contribution >= 0.6 is 0 Å². The third kappa shape index (κ3) is 4.62. The number of aldehydes is 1. The Balaban J connectivity index is 2.08. The van der Waals surface area contributed by atoms with Gasteiger partial charge in [-0.05, 0) is 38.7 Å². The van der Waals surface area contributed by atoms with Crippen LogP contribution in [0.2, 0.25) is 0 Å². The number of esters is 1. The first-order valence-electron chi connectivity index (χ1n) is 10.4. The molecule has 0 saturated carbocycles. The molecule has 1 aliphatic rings. The van der Waals surface area contributed by atoms with Gasteiger partial charge in [-0.2, -0.15) is 0 Å². The molecule has 1 fully saturated rings. The maximum atomic E-state index is 12.6. The van der Waals surface area contributed by atoms with Crippen LogP contribution in [0.25, 0.3) is 10.9 Å². The molecule has 166 valence electrons. The summed E-state index contributed by atoms with van der Waals surface area (Å²) in [6.45, 7) is 4.54. The number of hydrogen-bond acceptors (Lipinski definition) is 7. The summed E-state index contributed by atoms with van der Waals surface area (Å²) in [4.78, 5) is 42.3. The van der Waals surface area contributed by atoms with E-state index >= 15 is 0 Å². The molecule has 0 unspecified atom stereocenters. The summed E-state index contributed by atoms with van der Waals surface area (Å²) in [5, 5.41) is 0.448. The van der Waals surface area contributed by atoms with E-state index in [9.17, 15) is 14.4 Å². The fourth-order valence-corrected chi connectivity index (χ4v) is 4.02. The van der Waals surface area contributed by atoms with E-state index in [2.05, 4.69) is 4.98 Å². The average Bonchev–Trinajstić information content (AvgIpc) is 2.78. The number of likely N-dealkylation sites (tertiary alicyclic amines) is 1. The lowest BCUT2D eigenvalue weighted by atomic mass is 10.0. The van der Waals surface area contributed by atoms with Gasteiger partial charge in [-0.25, -0.2) is 4.98 Å². The molecule has 1 aromatic carbocycles. The van der Waals surface area contributed by atoms with Crippen LogP contribution in [0.5, 0.6) is 17.2 Å². The summed E-state index contributed by atoms with van der Waals surface area (Å²) in [5.41, 5.74) is 1.67. The van der Waals surface area contributed by atoms with Crippen LogP contribution in [0.3, 0.4) is 0 Å². The predicted molar refractivity (Wildman–Crippen MR) is 115 cm³/mol. The van der Waals surface area contributed by atoms with Crippen molar-refractivity contribution in [3.63, 3.8) is 0 Å². The number of aromatic nitrogens is 1. The minimum Gasteiger partial charge on any atom is -0.496 e. The maximum absolute atomic E-state index is 12.6. The van der Waals surface area contributed by atoms with Gasteiger partial charge in [0.15, 0.2) is 6.29 Å². The van der Waals surface area contributed by atoms with Crippen molar-refractivity contribution >= 4 is 29.1 Å². The molecule has 31 heavy (non-hydrogen) atoms. The van der Waals surface area contributed by atoms with Crippen molar-refractivity contribution in [1.82, 2.24) is 9.88 Å². The van der Waals surface area contributed by atoms with E-state index in [-0.39, 0.29) is 17.4 Å². The Morgan fingerprint density at radius 2 is 1.84 bits per heavy atom. The number of nitrogens with zero attached hydrogens (tertiary/aromatic N) is 2. The molecule has 0 aliphatic carbocycles. The highest BCUT2D eigenvalue weighted by molar-refractivity contribution is 6.00. The van der Waals surface area contributed by atoms with Crippen molar-refractivity contribution in [3.05, 3.63) is 22.9 Å². The molecule has 2 heterocycles. The molecule has 0 atom stereocenters. The molecule has 0 N–H and O–H groups in total. The molecule has 1 saturated heterocycles. The largest absolute Gasteiger partial charge is 0.496 e. The average molecular weight is 428 g/mol. The Labute approximate surface area is 181 Å². The lowest BCUT2D eigenvalue weighted by molar-refractivity contribution is -0.132. The van der Waals surface area contributed by atoms with Gasteiger partial charge >= 0.3 is 5.97 Å². The fraction of sp³-hybridized carbons (Fsp3) is 0.478. The molecule has 1 amide bonds. The van der Waals surface area contributed by atoms with Crippen LogP contribution in [-0.2, 0) is 16.0 Å². The lowest BCUT2D eigenvalue weighted by Gasteiger charge is -2.27. The summed E-state index contributed by atoms with van der Waals surface area (Å²) in [6.07, 6.45) is 4.60. The zero-order valence-corrected chi connectivity index (χ0v) is 18.4. The molecule has 2 aromatic rings. The lowest BCUT2D eigenvalue weighted by Crippen LogP contribution is -2.35. The number of carbonyl (C=O) groups is 3. The number of fused-ring (bicyclic) bond motifs is 1. The Bertz CT molecular complexity index is 1010. The van der Waals surface area contributed by atoms with Crippen molar-refractivity contribution in [1.29, 1.82) is 0 Å². The van der Waals surface area contributed by atoms with E-state index in [1.165, 1.54) is 21.1 Å². The Kier molecular flexibility index (Phi) is 7.09. The smallest absolute Gasteiger partial charge is 0.308 e. The van der Waals surface area contributed by atoms with E-state index in [1.54, 1.807) is 13.0 Å². The number of amides is 1. The summed E-state index contributed by atoms with van der Waals surface area (Å²) in [5.74, 6) is 0.654. The molecule has 0 spiro atoms. The third-order valence-electron chi connectivity index (χ3n) is 5.58. The number of aryl methyl sites for hydroxylation is 1. The van der Waals surface area contributed by atoms with Crippen LogP contribution in [0.4, 0.5) is 0 Å². The number of hydrogen-bond donors (Lipinski definition) is 0. The third-order valence-corrected chi connectivity index (χ3v) is 5.58. The molecule has 1 aliphatic heterocycles. The summed E-state index contributed by atoms with van der Waals surface area (Å²) >= 11 is 0. The number of piperidine rings is 1. The highest BCUT2D eigenvalue weighted by atomic mass is 16.5. The SMILES string of the molecule is COc1c(CCC(=O)N2CCCCC2)cc(OC)c2c(OC(C)=O)c(C)c(C=O)nc12. The van der Waals surface area contributed by atoms with Gasteiger partial charge in [0.25, 0.3) is 0 Å². The van der Waals surface area contributed by atoms with Crippen LogP contribution in [0, 0.1) is 6.92 Å². The first-order valence-corrected chi connectivity index (χ1v) is 10.4. The molecular weight excluding hydrogens is 400 g/mol. The van der Waals surface area contributed by atoms with Gasteiger partial charge in [-0.15, -0.1) is 0 Å². The van der Waals surface area contributed by atoms with E-state index in [1.807, 2.05) is 4.90 Å². The summed E-state index contributed by atoms with van der Waals surface area (Å²) in [7, 11) is 3.01. The number of carbonyl (C=O) groups excluding carboxylic acids is 3. The zero-order chi connectivity index (χ0) is 22.5. The minimum atomic E-state index is -0.523. The van der Waals surface area contributed by atoms with E-state index in [4.69, 9.17) is 14.2 Å². The second-order valence-corrected chi connectivity index (χ2v) is 7.60. The number of benzene rings is 1. The van der Waals surface area contributed by atoms with E-state index < -0.39 is 5.97 Å². The number of methoxy groups -OCH3 is 2. The monoisotopic (exact) mass is 428 g/mol. The molecular formula is C23H28N2O6. The van der Waals surface area contributed by atoms with Gasteiger partial charge in [0.1, 0.15) is 28.5 Å². The quantitative estimate of drug-likeness (QED) is 0.493. The Morgan fingerprint density at radius 1 is 1.13 bits per heavy atom. The van der Waals surface area contributed by atoms with Gasteiger partial charge < -0.3 is 19.1 Å². The Hall–Kier alpha value is -3.16. The zero-order valence-electron chi connectivity index (χ0n) is 18.4. The number of pyridine rings is 1. The molecule has 1 aromatic heterocycles. The van der Waals surface area contributed by atoms with E-state index in [0.29, 0.717) is 47.1 Å². The topological polar surface area (TPSA) is 95.0 Å².